The average Bonchev–Trinajstić information content (AvgIpc) is 3.26. The molecule has 0 spiro atoms. The fraction of sp³-hybridized carbons (Fsp3) is 0.333. The van der Waals surface area contributed by atoms with Gasteiger partial charge in [0.05, 0.1) is 35.0 Å². The molecule has 0 aliphatic carbocycles. The molecule has 1 saturated heterocycles. The van der Waals surface area contributed by atoms with E-state index in [4.69, 9.17) is 5.73 Å². The van der Waals surface area contributed by atoms with Crippen LogP contribution < -0.4 is 11.1 Å². The molecule has 0 bridgehead atoms. The van der Waals surface area contributed by atoms with E-state index in [0.29, 0.717) is 35.5 Å². The van der Waals surface area contributed by atoms with E-state index < -0.39 is 11.8 Å². The van der Waals surface area contributed by atoms with Crippen LogP contribution >= 0.6 is 0 Å². The van der Waals surface area contributed by atoms with E-state index in [1.54, 1.807) is 4.90 Å². The molecule has 30 heavy (non-hydrogen) atoms. The molecule has 2 unspecified atom stereocenters. The molecule has 1 aromatic carbocycles. The Kier molecular flexibility index (Phi) is 5.37. The molecule has 4 N–H and O–H groups in total. The largest absolute Gasteiger partial charge is 0.383 e. The number of piperazine rings is 1. The lowest BCUT2D eigenvalue weighted by Crippen LogP contribution is -2.56. The molecule has 9 nitrogen and oxygen atoms in total. The van der Waals surface area contributed by atoms with Crippen LogP contribution in [0, 0.1) is 0 Å². The molecule has 0 radical (unpaired) electrons. The fourth-order valence-electron chi connectivity index (χ4n) is 4.01. The third-order valence-corrected chi connectivity index (χ3v) is 5.68. The summed E-state index contributed by atoms with van der Waals surface area (Å²) in [7, 11) is 0. The van der Waals surface area contributed by atoms with Crippen LogP contribution in [0.3, 0.4) is 0 Å². The molecule has 4 rings (SSSR count). The Labute approximate surface area is 174 Å². The van der Waals surface area contributed by atoms with Crippen LogP contribution in [0.5, 0.6) is 0 Å². The van der Waals surface area contributed by atoms with Gasteiger partial charge in [-0.25, -0.2) is 4.98 Å². The molecule has 2 atom stereocenters. The summed E-state index contributed by atoms with van der Waals surface area (Å²) in [6.07, 6.45) is 2.96. The number of benzene rings is 1. The van der Waals surface area contributed by atoms with Gasteiger partial charge in [-0.2, -0.15) is 5.10 Å². The van der Waals surface area contributed by atoms with Gasteiger partial charge in [-0.1, -0.05) is 37.3 Å². The summed E-state index contributed by atoms with van der Waals surface area (Å²) in [5, 5.41) is 10.0. The molecule has 1 aliphatic heterocycles. The maximum atomic E-state index is 13.2. The van der Waals surface area contributed by atoms with E-state index in [1.807, 2.05) is 30.3 Å². The number of hydrogen-bond acceptors (Lipinski definition) is 6. The highest BCUT2D eigenvalue weighted by Crippen LogP contribution is 2.29. The number of carbonyl (C=O) groups excluding carboxylic acids is 2. The summed E-state index contributed by atoms with van der Waals surface area (Å²) in [4.78, 5) is 34.1. The van der Waals surface area contributed by atoms with Gasteiger partial charge in [-0.15, -0.1) is 0 Å². The second-order valence-corrected chi connectivity index (χ2v) is 7.49. The fourth-order valence-corrected chi connectivity index (χ4v) is 4.01. The molecule has 9 heteroatoms. The van der Waals surface area contributed by atoms with Gasteiger partial charge < -0.3 is 16.0 Å². The molecular weight excluding hydrogens is 382 g/mol. The summed E-state index contributed by atoms with van der Waals surface area (Å²) in [5.74, 6) is -0.983. The summed E-state index contributed by atoms with van der Waals surface area (Å²) in [6.45, 7) is 6.20. The number of aromatic amines is 1. The van der Waals surface area contributed by atoms with Crippen molar-refractivity contribution in [3.63, 3.8) is 0 Å². The van der Waals surface area contributed by atoms with E-state index in [1.165, 1.54) is 12.4 Å². The van der Waals surface area contributed by atoms with E-state index in [-0.39, 0.29) is 12.1 Å². The first-order valence-electron chi connectivity index (χ1n) is 9.98. The minimum Gasteiger partial charge on any atom is -0.383 e. The van der Waals surface area contributed by atoms with Crippen molar-refractivity contribution in [3.8, 4) is 0 Å². The lowest BCUT2D eigenvalue weighted by Gasteiger charge is -2.45. The topological polar surface area (TPSA) is 120 Å². The summed E-state index contributed by atoms with van der Waals surface area (Å²) in [5.41, 5.74) is 7.75. The van der Waals surface area contributed by atoms with E-state index in [2.05, 4.69) is 39.2 Å². The van der Waals surface area contributed by atoms with Gasteiger partial charge in [0.2, 0.25) is 0 Å². The highest BCUT2D eigenvalue weighted by Gasteiger charge is 2.37. The lowest BCUT2D eigenvalue weighted by atomic mass is 9.99. The Morgan fingerprint density at radius 1 is 1.23 bits per heavy atom. The maximum absolute atomic E-state index is 13.2. The Bertz CT molecular complexity index is 1070. The Morgan fingerprint density at radius 2 is 2.00 bits per heavy atom. The van der Waals surface area contributed by atoms with Crippen molar-refractivity contribution in [1.29, 1.82) is 0 Å². The molecular formula is C21H25N7O2. The Morgan fingerprint density at radius 3 is 2.73 bits per heavy atom. The van der Waals surface area contributed by atoms with Crippen molar-refractivity contribution < 1.29 is 9.59 Å². The zero-order valence-corrected chi connectivity index (χ0v) is 17.0. The van der Waals surface area contributed by atoms with Gasteiger partial charge in [-0.3, -0.25) is 19.6 Å². The monoisotopic (exact) mass is 407 g/mol. The minimum atomic E-state index is -0.712. The first kappa shape index (κ1) is 19.8. The van der Waals surface area contributed by atoms with Crippen molar-refractivity contribution in [2.45, 2.75) is 25.9 Å². The van der Waals surface area contributed by atoms with Crippen LogP contribution in [-0.4, -0.2) is 62.5 Å². The van der Waals surface area contributed by atoms with Crippen molar-refractivity contribution >= 4 is 34.2 Å². The maximum Gasteiger partial charge on any atom is 0.314 e. The predicted molar refractivity (Wildman–Crippen MR) is 115 cm³/mol. The van der Waals surface area contributed by atoms with Crippen molar-refractivity contribution in [2.75, 3.05) is 30.7 Å². The number of nitrogens with two attached hydrogens (primary N) is 1. The highest BCUT2D eigenvalue weighted by atomic mass is 16.2. The van der Waals surface area contributed by atoms with Gasteiger partial charge in [0.1, 0.15) is 5.82 Å². The first-order chi connectivity index (χ1) is 14.5. The molecule has 2 aromatic heterocycles. The number of likely N-dealkylation sites (N-methyl/N-ethyl adjacent to an activating group) is 1. The van der Waals surface area contributed by atoms with Crippen LogP contribution in [-0.2, 0) is 9.59 Å². The zero-order chi connectivity index (χ0) is 21.3. The van der Waals surface area contributed by atoms with Crippen molar-refractivity contribution in [1.82, 2.24) is 25.0 Å². The third kappa shape index (κ3) is 3.59. The second kappa shape index (κ2) is 8.11. The quantitative estimate of drug-likeness (QED) is 0.569. The van der Waals surface area contributed by atoms with Crippen LogP contribution in [0.25, 0.3) is 10.9 Å². The first-order valence-corrected chi connectivity index (χ1v) is 9.98. The van der Waals surface area contributed by atoms with Crippen LogP contribution in [0.1, 0.15) is 25.5 Å². The smallest absolute Gasteiger partial charge is 0.314 e. The van der Waals surface area contributed by atoms with Gasteiger partial charge in [0, 0.05) is 19.1 Å². The second-order valence-electron chi connectivity index (χ2n) is 7.49. The van der Waals surface area contributed by atoms with Crippen LogP contribution in [0.2, 0.25) is 0 Å². The number of nitrogens with zero attached hydrogens (tertiary/aromatic N) is 4. The predicted octanol–water partition coefficient (Wildman–Crippen LogP) is 1.77. The number of hydrogen-bond donors (Lipinski definition) is 3. The number of nitrogen functional groups attached to an aromatic ring is 1. The normalized spacial score (nSPS) is 19.7. The minimum absolute atomic E-state index is 0.157. The van der Waals surface area contributed by atoms with Crippen molar-refractivity contribution in [2.24, 2.45) is 0 Å². The number of pyridine rings is 1. The van der Waals surface area contributed by atoms with E-state index in [9.17, 15) is 9.59 Å². The Hall–Kier alpha value is -3.46. The number of nitrogens with one attached hydrogen (secondary N) is 2. The number of amides is 2. The number of carbonyl (C=O) groups is 2. The third-order valence-electron chi connectivity index (χ3n) is 5.68. The molecule has 3 heterocycles. The average molecular weight is 407 g/mol. The number of anilines is 2. The molecule has 1 fully saturated rings. The molecule has 0 saturated carbocycles. The number of fused-ring (bicyclic) bond motifs is 1. The number of rotatable bonds is 3. The summed E-state index contributed by atoms with van der Waals surface area (Å²) >= 11 is 0. The van der Waals surface area contributed by atoms with E-state index in [0.717, 1.165) is 12.1 Å². The van der Waals surface area contributed by atoms with Gasteiger partial charge in [0.15, 0.2) is 0 Å². The van der Waals surface area contributed by atoms with Gasteiger partial charge >= 0.3 is 11.8 Å². The molecule has 156 valence electrons. The van der Waals surface area contributed by atoms with E-state index >= 15 is 0 Å². The van der Waals surface area contributed by atoms with Crippen LogP contribution in [0.15, 0.2) is 42.7 Å². The van der Waals surface area contributed by atoms with Crippen molar-refractivity contribution in [3.05, 3.63) is 48.3 Å². The summed E-state index contributed by atoms with van der Waals surface area (Å²) in [6, 6.07) is 9.77. The SMILES string of the molecule is CCN1CC(c2ccccc2)N(C(=O)C(=O)Nc2cnc(N)c3cn[nH]c23)CC1C. The standard InChI is InChI=1S/C21H25N7O2/c1-3-27-12-17(14-7-5-4-6-8-14)28(11-13(27)2)21(30)20(29)25-16-10-23-19(22)15-9-24-26-18(15)16/h4-10,13,17H,3,11-12H2,1-2H3,(H2,22,23)(H,24,26)(H,25,29). The Balaban J connectivity index is 1.60. The number of H-pyrrole nitrogens is 1. The summed E-state index contributed by atoms with van der Waals surface area (Å²) < 4.78 is 0. The lowest BCUT2D eigenvalue weighted by molar-refractivity contribution is -0.147. The molecule has 3 aromatic rings. The zero-order valence-electron chi connectivity index (χ0n) is 17.0. The molecule has 1 aliphatic rings. The van der Waals surface area contributed by atoms with Gasteiger partial charge in [0.25, 0.3) is 0 Å². The van der Waals surface area contributed by atoms with Gasteiger partial charge in [-0.05, 0) is 19.0 Å². The molecule has 2 amide bonds. The highest BCUT2D eigenvalue weighted by molar-refractivity contribution is 6.40. The number of aromatic nitrogens is 3. The van der Waals surface area contributed by atoms with Crippen LogP contribution in [0.4, 0.5) is 11.5 Å².